The van der Waals surface area contributed by atoms with Crippen LogP contribution in [0.4, 0.5) is 5.69 Å². The molecule has 1 amide bonds. The first kappa shape index (κ1) is 12.7. The number of nitrogens with zero attached hydrogens (tertiary/aromatic N) is 2. The number of benzene rings is 1. The molecule has 0 saturated heterocycles. The van der Waals surface area contributed by atoms with Gasteiger partial charge in [0, 0.05) is 28.2 Å². The van der Waals surface area contributed by atoms with Gasteiger partial charge in [0.1, 0.15) is 5.75 Å². The van der Waals surface area contributed by atoms with Crippen molar-refractivity contribution in [2.75, 3.05) is 33.1 Å². The SMILES string of the molecule is CN(C)C(=O)c1cccc(OC2CC2)c1N(C)C. The average Bonchev–Trinajstić information content (AvgIpc) is 3.11. The summed E-state index contributed by atoms with van der Waals surface area (Å²) in [5.41, 5.74) is 1.55. The molecule has 0 aromatic heterocycles. The topological polar surface area (TPSA) is 32.8 Å². The van der Waals surface area contributed by atoms with E-state index in [0.29, 0.717) is 11.7 Å². The third-order valence-corrected chi connectivity index (χ3v) is 2.90. The van der Waals surface area contributed by atoms with Crippen molar-refractivity contribution in [2.24, 2.45) is 0 Å². The fraction of sp³-hybridized carbons (Fsp3) is 0.500. The van der Waals surface area contributed by atoms with E-state index in [0.717, 1.165) is 24.3 Å². The number of carbonyl (C=O) groups excluding carboxylic acids is 1. The van der Waals surface area contributed by atoms with E-state index < -0.39 is 0 Å². The maximum absolute atomic E-state index is 12.2. The Balaban J connectivity index is 2.41. The molecule has 1 aromatic rings. The van der Waals surface area contributed by atoms with E-state index >= 15 is 0 Å². The van der Waals surface area contributed by atoms with E-state index in [1.807, 2.05) is 37.2 Å². The molecule has 4 heteroatoms. The molecule has 1 aliphatic rings. The highest BCUT2D eigenvalue weighted by Gasteiger charge is 2.26. The van der Waals surface area contributed by atoms with Crippen molar-refractivity contribution in [3.63, 3.8) is 0 Å². The third kappa shape index (κ3) is 2.58. The van der Waals surface area contributed by atoms with Gasteiger partial charge in [0.2, 0.25) is 0 Å². The zero-order valence-corrected chi connectivity index (χ0v) is 11.4. The van der Waals surface area contributed by atoms with Crippen molar-refractivity contribution in [3.8, 4) is 5.75 Å². The third-order valence-electron chi connectivity index (χ3n) is 2.90. The minimum absolute atomic E-state index is 0.0000491. The minimum Gasteiger partial charge on any atom is -0.488 e. The second-order valence-corrected chi connectivity index (χ2v) is 5.06. The zero-order valence-electron chi connectivity index (χ0n) is 11.4. The van der Waals surface area contributed by atoms with Crippen LogP contribution in [-0.2, 0) is 0 Å². The van der Waals surface area contributed by atoms with Gasteiger partial charge in [-0.2, -0.15) is 0 Å². The monoisotopic (exact) mass is 248 g/mol. The summed E-state index contributed by atoms with van der Waals surface area (Å²) in [6.45, 7) is 0. The summed E-state index contributed by atoms with van der Waals surface area (Å²) in [6.07, 6.45) is 2.55. The number of rotatable bonds is 4. The van der Waals surface area contributed by atoms with Gasteiger partial charge in [0.15, 0.2) is 0 Å². The quantitative estimate of drug-likeness (QED) is 0.817. The van der Waals surface area contributed by atoms with Crippen molar-refractivity contribution in [3.05, 3.63) is 23.8 Å². The lowest BCUT2D eigenvalue weighted by molar-refractivity contribution is 0.0827. The van der Waals surface area contributed by atoms with Crippen LogP contribution in [0.15, 0.2) is 18.2 Å². The number of ether oxygens (including phenoxy) is 1. The van der Waals surface area contributed by atoms with Crippen LogP contribution in [0.25, 0.3) is 0 Å². The fourth-order valence-corrected chi connectivity index (χ4v) is 1.86. The summed E-state index contributed by atoms with van der Waals surface area (Å²) in [4.78, 5) is 15.7. The van der Waals surface area contributed by atoms with Crippen molar-refractivity contribution < 1.29 is 9.53 Å². The van der Waals surface area contributed by atoms with E-state index in [1.165, 1.54) is 0 Å². The molecule has 0 heterocycles. The fourth-order valence-electron chi connectivity index (χ4n) is 1.86. The van der Waals surface area contributed by atoms with Gasteiger partial charge < -0.3 is 14.5 Å². The van der Waals surface area contributed by atoms with E-state index in [9.17, 15) is 4.79 Å². The van der Waals surface area contributed by atoms with Gasteiger partial charge in [-0.25, -0.2) is 0 Å². The Hall–Kier alpha value is -1.71. The van der Waals surface area contributed by atoms with Crippen molar-refractivity contribution in [1.82, 2.24) is 4.90 Å². The Morgan fingerprint density at radius 2 is 1.89 bits per heavy atom. The molecular formula is C14H20N2O2. The van der Waals surface area contributed by atoms with E-state index in [-0.39, 0.29) is 5.91 Å². The molecule has 2 rings (SSSR count). The van der Waals surface area contributed by atoms with Crippen LogP contribution < -0.4 is 9.64 Å². The van der Waals surface area contributed by atoms with E-state index in [4.69, 9.17) is 4.74 Å². The van der Waals surface area contributed by atoms with Gasteiger partial charge in [-0.15, -0.1) is 0 Å². The Labute approximate surface area is 108 Å². The standard InChI is InChI=1S/C14H20N2O2/c1-15(2)13-11(14(17)16(3)4)6-5-7-12(13)18-10-8-9-10/h5-7,10H,8-9H2,1-4H3. The van der Waals surface area contributed by atoms with Crippen molar-refractivity contribution >= 4 is 11.6 Å². The largest absolute Gasteiger partial charge is 0.488 e. The lowest BCUT2D eigenvalue weighted by Crippen LogP contribution is -2.25. The van der Waals surface area contributed by atoms with Gasteiger partial charge in [-0.1, -0.05) is 6.07 Å². The predicted octanol–water partition coefficient (Wildman–Crippen LogP) is 2.00. The summed E-state index contributed by atoms with van der Waals surface area (Å²) in [6, 6.07) is 5.65. The molecule has 98 valence electrons. The molecular weight excluding hydrogens is 228 g/mol. The highest BCUT2D eigenvalue weighted by molar-refractivity contribution is 6.00. The second kappa shape index (κ2) is 4.88. The smallest absolute Gasteiger partial charge is 0.255 e. The van der Waals surface area contributed by atoms with E-state index in [1.54, 1.807) is 19.0 Å². The molecule has 0 bridgehead atoms. The Morgan fingerprint density at radius 1 is 1.22 bits per heavy atom. The number of hydrogen-bond acceptors (Lipinski definition) is 3. The zero-order chi connectivity index (χ0) is 13.3. The van der Waals surface area contributed by atoms with E-state index in [2.05, 4.69) is 0 Å². The van der Waals surface area contributed by atoms with Gasteiger partial charge in [0.25, 0.3) is 5.91 Å². The second-order valence-electron chi connectivity index (χ2n) is 5.06. The van der Waals surface area contributed by atoms with Crippen LogP contribution in [0.2, 0.25) is 0 Å². The number of anilines is 1. The van der Waals surface area contributed by atoms with Crippen LogP contribution in [-0.4, -0.2) is 45.1 Å². The maximum Gasteiger partial charge on any atom is 0.255 e. The highest BCUT2D eigenvalue weighted by atomic mass is 16.5. The minimum atomic E-state index is -0.0000491. The summed E-state index contributed by atoms with van der Waals surface area (Å²) in [7, 11) is 7.38. The molecule has 1 aromatic carbocycles. The molecule has 0 N–H and O–H groups in total. The molecule has 1 saturated carbocycles. The average molecular weight is 248 g/mol. The first-order valence-corrected chi connectivity index (χ1v) is 6.19. The first-order valence-electron chi connectivity index (χ1n) is 6.19. The van der Waals surface area contributed by atoms with Gasteiger partial charge in [-0.3, -0.25) is 4.79 Å². The number of para-hydroxylation sites is 1. The lowest BCUT2D eigenvalue weighted by atomic mass is 10.1. The van der Waals surface area contributed by atoms with Crippen LogP contribution in [0.5, 0.6) is 5.75 Å². The van der Waals surface area contributed by atoms with Crippen LogP contribution in [0.1, 0.15) is 23.2 Å². The molecule has 0 atom stereocenters. The molecule has 0 aliphatic heterocycles. The lowest BCUT2D eigenvalue weighted by Gasteiger charge is -2.22. The molecule has 4 nitrogen and oxygen atoms in total. The molecule has 1 aliphatic carbocycles. The summed E-state index contributed by atoms with van der Waals surface area (Å²) >= 11 is 0. The summed E-state index contributed by atoms with van der Waals surface area (Å²) in [5, 5.41) is 0. The summed E-state index contributed by atoms with van der Waals surface area (Å²) < 4.78 is 5.88. The normalized spacial score (nSPS) is 14.2. The van der Waals surface area contributed by atoms with Crippen molar-refractivity contribution in [1.29, 1.82) is 0 Å². The van der Waals surface area contributed by atoms with Crippen LogP contribution >= 0.6 is 0 Å². The van der Waals surface area contributed by atoms with Crippen molar-refractivity contribution in [2.45, 2.75) is 18.9 Å². The Kier molecular flexibility index (Phi) is 3.45. The molecule has 0 unspecified atom stereocenters. The Morgan fingerprint density at radius 3 is 2.39 bits per heavy atom. The predicted molar refractivity (Wildman–Crippen MR) is 72.4 cm³/mol. The first-order chi connectivity index (χ1) is 8.50. The maximum atomic E-state index is 12.2. The number of carbonyl (C=O) groups is 1. The number of amides is 1. The molecule has 0 radical (unpaired) electrons. The molecule has 0 spiro atoms. The van der Waals surface area contributed by atoms with Gasteiger partial charge in [-0.05, 0) is 25.0 Å². The van der Waals surface area contributed by atoms with Gasteiger partial charge >= 0.3 is 0 Å². The van der Waals surface area contributed by atoms with Gasteiger partial charge in [0.05, 0.1) is 17.4 Å². The number of hydrogen-bond donors (Lipinski definition) is 0. The van der Waals surface area contributed by atoms with Crippen LogP contribution in [0, 0.1) is 0 Å². The highest BCUT2D eigenvalue weighted by Crippen LogP contribution is 2.36. The molecule has 1 fully saturated rings. The molecule has 18 heavy (non-hydrogen) atoms. The van der Waals surface area contributed by atoms with Crippen LogP contribution in [0.3, 0.4) is 0 Å². The Bertz CT molecular complexity index is 451. The summed E-state index contributed by atoms with van der Waals surface area (Å²) in [5.74, 6) is 0.801.